The fourth-order valence-corrected chi connectivity index (χ4v) is 2.03. The Bertz CT molecular complexity index is 603. The molecule has 1 amide bonds. The molecule has 2 aromatic carbocycles. The van der Waals surface area contributed by atoms with Crippen LogP contribution in [0.2, 0.25) is 0 Å². The van der Waals surface area contributed by atoms with E-state index < -0.39 is 0 Å². The van der Waals surface area contributed by atoms with E-state index in [0.29, 0.717) is 12.3 Å². The average Bonchev–Trinajstić information content (AvgIpc) is 2.40. The third-order valence-electron chi connectivity index (χ3n) is 2.92. The predicted octanol–water partition coefficient (Wildman–Crippen LogP) is 3.85. The van der Waals surface area contributed by atoms with Gasteiger partial charge in [0.1, 0.15) is 11.6 Å². The molecule has 0 bridgehead atoms. The summed E-state index contributed by atoms with van der Waals surface area (Å²) in [4.78, 5) is 11.7. The highest BCUT2D eigenvalue weighted by atomic mass is 19.1. The van der Waals surface area contributed by atoms with Gasteiger partial charge in [-0.15, -0.1) is 0 Å². The fourth-order valence-electron chi connectivity index (χ4n) is 2.03. The van der Waals surface area contributed by atoms with Crippen LogP contribution in [0.15, 0.2) is 42.5 Å². The molecule has 0 aliphatic heterocycles. The second-order valence-corrected chi connectivity index (χ2v) is 4.98. The number of hydrogen-bond donors (Lipinski definition) is 1. The molecular weight excluding hydrogens is 269 g/mol. The number of anilines is 1. The van der Waals surface area contributed by atoms with Gasteiger partial charge >= 0.3 is 0 Å². The van der Waals surface area contributed by atoms with Crippen LogP contribution in [0.1, 0.15) is 17.5 Å². The molecule has 0 aliphatic carbocycles. The SMILES string of the molecule is Cc1cc(C)cc(OCCC(=O)Nc2ccc(F)cc2)c1. The Morgan fingerprint density at radius 1 is 1.10 bits per heavy atom. The molecule has 0 saturated heterocycles. The number of rotatable bonds is 5. The smallest absolute Gasteiger partial charge is 0.227 e. The number of benzene rings is 2. The summed E-state index contributed by atoms with van der Waals surface area (Å²) >= 11 is 0. The highest BCUT2D eigenvalue weighted by Gasteiger charge is 2.04. The summed E-state index contributed by atoms with van der Waals surface area (Å²) in [7, 11) is 0. The maximum absolute atomic E-state index is 12.7. The Balaban J connectivity index is 1.80. The van der Waals surface area contributed by atoms with Crippen molar-refractivity contribution in [3.05, 3.63) is 59.4 Å². The number of carbonyl (C=O) groups is 1. The van der Waals surface area contributed by atoms with Gasteiger partial charge in [0, 0.05) is 5.69 Å². The first-order valence-corrected chi connectivity index (χ1v) is 6.79. The zero-order chi connectivity index (χ0) is 15.2. The number of aryl methyl sites for hydroxylation is 2. The number of halogens is 1. The van der Waals surface area contributed by atoms with Gasteiger partial charge in [0.05, 0.1) is 13.0 Å². The average molecular weight is 287 g/mol. The van der Waals surface area contributed by atoms with Crippen LogP contribution in [-0.4, -0.2) is 12.5 Å². The van der Waals surface area contributed by atoms with Crippen LogP contribution < -0.4 is 10.1 Å². The van der Waals surface area contributed by atoms with Gasteiger partial charge in [-0.2, -0.15) is 0 Å². The van der Waals surface area contributed by atoms with Crippen molar-refractivity contribution in [1.82, 2.24) is 0 Å². The van der Waals surface area contributed by atoms with Crippen molar-refractivity contribution in [3.63, 3.8) is 0 Å². The van der Waals surface area contributed by atoms with E-state index in [1.807, 2.05) is 26.0 Å². The standard InChI is InChI=1S/C17H18FNO2/c1-12-9-13(2)11-16(10-12)21-8-7-17(20)19-15-5-3-14(18)4-6-15/h3-6,9-11H,7-8H2,1-2H3,(H,19,20). The zero-order valence-electron chi connectivity index (χ0n) is 12.2. The molecule has 0 radical (unpaired) electrons. The van der Waals surface area contributed by atoms with Crippen molar-refractivity contribution in [2.24, 2.45) is 0 Å². The predicted molar refractivity (Wildman–Crippen MR) is 81.1 cm³/mol. The van der Waals surface area contributed by atoms with E-state index in [4.69, 9.17) is 4.74 Å². The van der Waals surface area contributed by atoms with E-state index in [-0.39, 0.29) is 18.1 Å². The second kappa shape index (κ2) is 6.88. The summed E-state index contributed by atoms with van der Waals surface area (Å²) in [5.41, 5.74) is 2.83. The first-order chi connectivity index (χ1) is 10.0. The molecule has 110 valence electrons. The minimum atomic E-state index is -0.328. The van der Waals surface area contributed by atoms with Gasteiger partial charge in [0.25, 0.3) is 0 Å². The van der Waals surface area contributed by atoms with Crippen molar-refractivity contribution in [1.29, 1.82) is 0 Å². The number of carbonyl (C=O) groups excluding carboxylic acids is 1. The van der Waals surface area contributed by atoms with E-state index in [1.165, 1.54) is 24.3 Å². The lowest BCUT2D eigenvalue weighted by atomic mass is 10.1. The third kappa shape index (κ3) is 4.91. The molecule has 0 aliphatic rings. The Kier molecular flexibility index (Phi) is 4.93. The van der Waals surface area contributed by atoms with E-state index in [0.717, 1.165) is 16.9 Å². The van der Waals surface area contributed by atoms with E-state index >= 15 is 0 Å². The summed E-state index contributed by atoms with van der Waals surface area (Å²) in [6.45, 7) is 4.30. The third-order valence-corrected chi connectivity index (χ3v) is 2.92. The number of nitrogens with one attached hydrogen (secondary N) is 1. The number of ether oxygens (including phenoxy) is 1. The van der Waals surface area contributed by atoms with Crippen LogP contribution in [0.5, 0.6) is 5.75 Å². The summed E-state index contributed by atoms with van der Waals surface area (Å²) < 4.78 is 18.3. The monoisotopic (exact) mass is 287 g/mol. The lowest BCUT2D eigenvalue weighted by Gasteiger charge is -2.09. The molecular formula is C17H18FNO2. The Morgan fingerprint density at radius 3 is 2.33 bits per heavy atom. The summed E-state index contributed by atoms with van der Waals surface area (Å²) in [6.07, 6.45) is 0.240. The molecule has 0 aromatic heterocycles. The molecule has 4 heteroatoms. The molecule has 2 aromatic rings. The molecule has 3 nitrogen and oxygen atoms in total. The van der Waals surface area contributed by atoms with Gasteiger partial charge in [-0.1, -0.05) is 6.07 Å². The largest absolute Gasteiger partial charge is 0.493 e. The summed E-state index contributed by atoms with van der Waals surface area (Å²) in [5, 5.41) is 2.69. The lowest BCUT2D eigenvalue weighted by Crippen LogP contribution is -2.15. The molecule has 21 heavy (non-hydrogen) atoms. The van der Waals surface area contributed by atoms with Crippen molar-refractivity contribution in [3.8, 4) is 5.75 Å². The van der Waals surface area contributed by atoms with Crippen LogP contribution in [-0.2, 0) is 4.79 Å². The lowest BCUT2D eigenvalue weighted by molar-refractivity contribution is -0.116. The molecule has 0 atom stereocenters. The minimum absolute atomic E-state index is 0.161. The van der Waals surface area contributed by atoms with E-state index in [9.17, 15) is 9.18 Å². The van der Waals surface area contributed by atoms with Gasteiger partial charge in [-0.25, -0.2) is 4.39 Å². The van der Waals surface area contributed by atoms with Gasteiger partial charge in [-0.3, -0.25) is 4.79 Å². The van der Waals surface area contributed by atoms with Crippen molar-refractivity contribution in [2.75, 3.05) is 11.9 Å². The zero-order valence-corrected chi connectivity index (χ0v) is 12.2. The van der Waals surface area contributed by atoms with Crippen LogP contribution >= 0.6 is 0 Å². The Hall–Kier alpha value is -2.36. The van der Waals surface area contributed by atoms with Crippen LogP contribution in [0.4, 0.5) is 10.1 Å². The summed E-state index contributed by atoms with van der Waals surface area (Å²) in [5.74, 6) is 0.277. The second-order valence-electron chi connectivity index (χ2n) is 4.98. The quantitative estimate of drug-likeness (QED) is 0.907. The number of amides is 1. The molecule has 2 rings (SSSR count). The minimum Gasteiger partial charge on any atom is -0.493 e. The van der Waals surface area contributed by atoms with Gasteiger partial charge in [0.2, 0.25) is 5.91 Å². The molecule has 0 spiro atoms. The van der Waals surface area contributed by atoms with Gasteiger partial charge in [-0.05, 0) is 61.4 Å². The topological polar surface area (TPSA) is 38.3 Å². The molecule has 1 N–H and O–H groups in total. The molecule has 0 unspecified atom stereocenters. The van der Waals surface area contributed by atoms with E-state index in [2.05, 4.69) is 11.4 Å². The van der Waals surface area contributed by atoms with Gasteiger partial charge in [0.15, 0.2) is 0 Å². The summed E-state index contributed by atoms with van der Waals surface area (Å²) in [6, 6.07) is 11.6. The normalized spacial score (nSPS) is 10.2. The van der Waals surface area contributed by atoms with Crippen molar-refractivity contribution in [2.45, 2.75) is 20.3 Å². The van der Waals surface area contributed by atoms with E-state index in [1.54, 1.807) is 0 Å². The highest BCUT2D eigenvalue weighted by Crippen LogP contribution is 2.16. The maximum atomic E-state index is 12.7. The van der Waals surface area contributed by atoms with Crippen LogP contribution in [0, 0.1) is 19.7 Å². The Morgan fingerprint density at radius 2 is 1.71 bits per heavy atom. The van der Waals surface area contributed by atoms with Crippen molar-refractivity contribution >= 4 is 11.6 Å². The highest BCUT2D eigenvalue weighted by molar-refractivity contribution is 5.90. The van der Waals surface area contributed by atoms with Crippen molar-refractivity contribution < 1.29 is 13.9 Å². The Labute approximate surface area is 123 Å². The number of hydrogen-bond acceptors (Lipinski definition) is 2. The van der Waals surface area contributed by atoms with Gasteiger partial charge < -0.3 is 10.1 Å². The molecule has 0 saturated carbocycles. The first kappa shape index (κ1) is 15.0. The fraction of sp³-hybridized carbons (Fsp3) is 0.235. The van der Waals surface area contributed by atoms with Crippen LogP contribution in [0.3, 0.4) is 0 Å². The molecule has 0 heterocycles. The maximum Gasteiger partial charge on any atom is 0.227 e. The van der Waals surface area contributed by atoms with Crippen LogP contribution in [0.25, 0.3) is 0 Å². The molecule has 0 fully saturated rings. The first-order valence-electron chi connectivity index (χ1n) is 6.79.